The van der Waals surface area contributed by atoms with Crippen LogP contribution in [0.2, 0.25) is 0 Å². The lowest BCUT2D eigenvalue weighted by Crippen LogP contribution is -2.40. The molecule has 0 aliphatic heterocycles. The third-order valence-corrected chi connectivity index (χ3v) is 4.63. The van der Waals surface area contributed by atoms with Crippen molar-refractivity contribution in [1.29, 1.82) is 5.26 Å². The lowest BCUT2D eigenvalue weighted by Gasteiger charge is -2.37. The fourth-order valence-corrected chi connectivity index (χ4v) is 3.47. The highest BCUT2D eigenvalue weighted by Gasteiger charge is 2.28. The Hall–Kier alpha value is -1.79. The monoisotopic (exact) mass is 312 g/mol. The van der Waals surface area contributed by atoms with E-state index in [4.69, 9.17) is 4.74 Å². The number of nitriles is 1. The van der Waals surface area contributed by atoms with Crippen LogP contribution < -0.4 is 0 Å². The third-order valence-electron chi connectivity index (χ3n) is 4.63. The molecular weight excluding hydrogens is 284 g/mol. The van der Waals surface area contributed by atoms with Gasteiger partial charge in [-0.15, -0.1) is 0 Å². The van der Waals surface area contributed by atoms with Crippen LogP contribution in [0.15, 0.2) is 42.7 Å². The molecule has 124 valence electrons. The van der Waals surface area contributed by atoms with Crippen LogP contribution in [0.25, 0.3) is 0 Å². The van der Waals surface area contributed by atoms with Gasteiger partial charge in [0.05, 0.1) is 19.4 Å². The van der Waals surface area contributed by atoms with Crippen molar-refractivity contribution in [1.82, 2.24) is 4.90 Å². The molecule has 1 unspecified atom stereocenters. The van der Waals surface area contributed by atoms with E-state index in [0.717, 1.165) is 24.9 Å². The van der Waals surface area contributed by atoms with Gasteiger partial charge in [-0.3, -0.25) is 4.90 Å². The minimum atomic E-state index is -0.134. The first-order valence-electron chi connectivity index (χ1n) is 8.75. The maximum atomic E-state index is 9.80. The molecule has 0 heterocycles. The molecule has 1 saturated carbocycles. The lowest BCUT2D eigenvalue weighted by molar-refractivity contribution is 0.127. The number of hydrogen-bond donors (Lipinski definition) is 0. The van der Waals surface area contributed by atoms with Crippen molar-refractivity contribution in [3.63, 3.8) is 0 Å². The molecule has 0 spiro atoms. The van der Waals surface area contributed by atoms with Gasteiger partial charge in [-0.25, -0.2) is 0 Å². The summed E-state index contributed by atoms with van der Waals surface area (Å²) in [7, 11) is 1.67. The van der Waals surface area contributed by atoms with E-state index in [-0.39, 0.29) is 6.04 Å². The van der Waals surface area contributed by atoms with Crippen molar-refractivity contribution in [3.8, 4) is 6.07 Å². The quantitative estimate of drug-likeness (QED) is 0.510. The van der Waals surface area contributed by atoms with Gasteiger partial charge in [-0.2, -0.15) is 5.26 Å². The Morgan fingerprint density at radius 2 is 2.00 bits per heavy atom. The maximum absolute atomic E-state index is 9.80. The highest BCUT2D eigenvalue weighted by molar-refractivity contribution is 5.24. The summed E-state index contributed by atoms with van der Waals surface area (Å²) < 4.78 is 4.96. The summed E-state index contributed by atoms with van der Waals surface area (Å²) in [6, 6.07) is 13.2. The number of nitrogens with zero attached hydrogens (tertiary/aromatic N) is 2. The van der Waals surface area contributed by atoms with Gasteiger partial charge < -0.3 is 4.74 Å². The van der Waals surface area contributed by atoms with Crippen molar-refractivity contribution < 1.29 is 4.74 Å². The van der Waals surface area contributed by atoms with Gasteiger partial charge in [0.1, 0.15) is 6.04 Å². The molecule has 3 nitrogen and oxygen atoms in total. The zero-order chi connectivity index (χ0) is 16.3. The molecular formula is C20H28N2O. The minimum absolute atomic E-state index is 0.134. The number of unbranched alkanes of at least 4 members (excludes halogenated alkanes) is 1. The van der Waals surface area contributed by atoms with Crippen LogP contribution >= 0.6 is 0 Å². The Morgan fingerprint density at radius 1 is 1.26 bits per heavy atom. The number of methoxy groups -OCH3 is 1. The second kappa shape index (κ2) is 10.1. The van der Waals surface area contributed by atoms with Crippen LogP contribution in [0.4, 0.5) is 0 Å². The molecule has 3 heteroatoms. The highest BCUT2D eigenvalue weighted by atomic mass is 16.5. The predicted octanol–water partition coefficient (Wildman–Crippen LogP) is 4.83. The maximum Gasteiger partial charge on any atom is 0.124 e. The van der Waals surface area contributed by atoms with Gasteiger partial charge in [0.25, 0.3) is 0 Å². The topological polar surface area (TPSA) is 36.3 Å². The Kier molecular flexibility index (Phi) is 7.69. The van der Waals surface area contributed by atoms with E-state index in [2.05, 4.69) is 29.2 Å². The van der Waals surface area contributed by atoms with Gasteiger partial charge in [0, 0.05) is 12.6 Å². The SMILES string of the molecule is COC=CCCCN(C1CCCCC1)C(C#N)c1ccccc1. The van der Waals surface area contributed by atoms with Crippen molar-refractivity contribution in [2.24, 2.45) is 0 Å². The lowest BCUT2D eigenvalue weighted by atomic mass is 9.92. The molecule has 0 bridgehead atoms. The van der Waals surface area contributed by atoms with Crippen molar-refractivity contribution in [3.05, 3.63) is 48.2 Å². The first-order chi connectivity index (χ1) is 11.4. The molecule has 0 saturated heterocycles. The van der Waals surface area contributed by atoms with E-state index in [9.17, 15) is 5.26 Å². The highest BCUT2D eigenvalue weighted by Crippen LogP contribution is 2.30. The van der Waals surface area contributed by atoms with E-state index < -0.39 is 0 Å². The number of allylic oxidation sites excluding steroid dienone is 1. The molecule has 0 radical (unpaired) electrons. The second-order valence-electron chi connectivity index (χ2n) is 6.22. The predicted molar refractivity (Wildman–Crippen MR) is 93.8 cm³/mol. The minimum Gasteiger partial charge on any atom is -0.505 e. The summed E-state index contributed by atoms with van der Waals surface area (Å²) in [5.74, 6) is 0. The molecule has 1 atom stereocenters. The van der Waals surface area contributed by atoms with Crippen LogP contribution in [-0.2, 0) is 4.74 Å². The van der Waals surface area contributed by atoms with E-state index in [1.54, 1.807) is 13.4 Å². The summed E-state index contributed by atoms with van der Waals surface area (Å²) >= 11 is 0. The number of rotatable bonds is 8. The Bertz CT molecular complexity index is 500. The number of hydrogen-bond acceptors (Lipinski definition) is 3. The van der Waals surface area contributed by atoms with E-state index >= 15 is 0 Å². The van der Waals surface area contributed by atoms with Crippen LogP contribution in [0.5, 0.6) is 0 Å². The first kappa shape index (κ1) is 17.6. The van der Waals surface area contributed by atoms with Gasteiger partial charge in [-0.1, -0.05) is 49.6 Å². The van der Waals surface area contributed by atoms with Gasteiger partial charge in [0.2, 0.25) is 0 Å². The largest absolute Gasteiger partial charge is 0.505 e. The van der Waals surface area contributed by atoms with Crippen molar-refractivity contribution in [2.45, 2.75) is 57.0 Å². The smallest absolute Gasteiger partial charge is 0.124 e. The summed E-state index contributed by atoms with van der Waals surface area (Å²) in [6.45, 7) is 0.964. The van der Waals surface area contributed by atoms with Crippen LogP contribution in [0.3, 0.4) is 0 Å². The van der Waals surface area contributed by atoms with Crippen molar-refractivity contribution in [2.75, 3.05) is 13.7 Å². The zero-order valence-corrected chi connectivity index (χ0v) is 14.2. The number of ether oxygens (including phenoxy) is 1. The van der Waals surface area contributed by atoms with Gasteiger partial charge in [0.15, 0.2) is 0 Å². The van der Waals surface area contributed by atoms with Crippen molar-refractivity contribution >= 4 is 0 Å². The molecule has 1 aliphatic rings. The fourth-order valence-electron chi connectivity index (χ4n) is 3.47. The van der Waals surface area contributed by atoms with E-state index in [1.165, 1.54) is 32.1 Å². The van der Waals surface area contributed by atoms with Crippen LogP contribution in [0, 0.1) is 11.3 Å². The summed E-state index contributed by atoms with van der Waals surface area (Å²) in [5, 5.41) is 9.80. The molecule has 1 aromatic rings. The average molecular weight is 312 g/mol. The van der Waals surface area contributed by atoms with Crippen LogP contribution in [-0.4, -0.2) is 24.6 Å². The summed E-state index contributed by atoms with van der Waals surface area (Å²) in [4.78, 5) is 2.44. The molecule has 1 fully saturated rings. The standard InChI is InChI=1S/C20H28N2O/c1-23-16-10-4-9-15-22(19-13-7-3-8-14-19)20(17-21)18-11-5-2-6-12-18/h2,5-6,10-12,16,19-20H,3-4,7-9,13-15H2,1H3. The Morgan fingerprint density at radius 3 is 2.65 bits per heavy atom. The number of benzene rings is 1. The fraction of sp³-hybridized carbons (Fsp3) is 0.550. The molecule has 1 aliphatic carbocycles. The van der Waals surface area contributed by atoms with E-state index in [0.29, 0.717) is 6.04 Å². The zero-order valence-electron chi connectivity index (χ0n) is 14.2. The van der Waals surface area contributed by atoms with Gasteiger partial charge in [-0.05, 0) is 37.3 Å². The van der Waals surface area contributed by atoms with Crippen LogP contribution in [0.1, 0.15) is 56.6 Å². The van der Waals surface area contributed by atoms with Gasteiger partial charge >= 0.3 is 0 Å². The molecule has 0 N–H and O–H groups in total. The first-order valence-corrected chi connectivity index (χ1v) is 8.75. The second-order valence-corrected chi connectivity index (χ2v) is 6.22. The molecule has 2 rings (SSSR count). The Balaban J connectivity index is 2.07. The summed E-state index contributed by atoms with van der Waals surface area (Å²) in [5.41, 5.74) is 1.12. The molecule has 0 amide bonds. The van der Waals surface area contributed by atoms with E-state index in [1.807, 2.05) is 18.2 Å². The third kappa shape index (κ3) is 5.41. The molecule has 23 heavy (non-hydrogen) atoms. The average Bonchev–Trinajstić information content (AvgIpc) is 2.62. The normalized spacial score (nSPS) is 17.3. The molecule has 1 aromatic carbocycles. The molecule has 0 aromatic heterocycles. The Labute approximate surface area is 140 Å². The summed E-state index contributed by atoms with van der Waals surface area (Å²) in [6.07, 6.45) is 12.2.